The zero-order chi connectivity index (χ0) is 28.1. The third kappa shape index (κ3) is 7.84. The molecule has 1 heterocycles. The van der Waals surface area contributed by atoms with E-state index in [0.29, 0.717) is 0 Å². The number of aliphatic hydroxyl groups excluding tert-OH is 1. The number of hydrogen-bond donors (Lipinski definition) is 5. The van der Waals surface area contributed by atoms with Gasteiger partial charge in [0, 0.05) is 23.2 Å². The molecule has 1 saturated carbocycles. The van der Waals surface area contributed by atoms with Crippen molar-refractivity contribution in [2.75, 3.05) is 5.32 Å². The number of aliphatic carboxylic acids is 1. The molecule has 3 aromatic rings. The van der Waals surface area contributed by atoms with Crippen molar-refractivity contribution in [2.24, 2.45) is 0 Å². The Kier molecular flexibility index (Phi) is 8.86. The monoisotopic (exact) mass is 546 g/mol. The molecule has 1 fully saturated rings. The zero-order valence-corrected chi connectivity index (χ0v) is 19.6. The number of halogens is 6. The van der Waals surface area contributed by atoms with Crippen molar-refractivity contribution in [3.8, 4) is 0 Å². The first-order valence-corrected chi connectivity index (χ1v) is 11.4. The molecule has 1 aliphatic rings. The van der Waals surface area contributed by atoms with Crippen LogP contribution in [0, 0.1) is 0 Å². The zero-order valence-electron chi connectivity index (χ0n) is 19.6. The van der Waals surface area contributed by atoms with Crippen LogP contribution in [-0.4, -0.2) is 50.5 Å². The van der Waals surface area contributed by atoms with Gasteiger partial charge in [-0.15, -0.1) is 0 Å². The van der Waals surface area contributed by atoms with Crippen LogP contribution < -0.4 is 10.6 Å². The maximum atomic E-state index is 12.7. The summed E-state index contributed by atoms with van der Waals surface area (Å²) in [6.07, 6.45) is -6.07. The normalized spacial score (nSPS) is 18.7. The van der Waals surface area contributed by atoms with E-state index in [1.165, 1.54) is 0 Å². The Bertz CT molecular complexity index is 1240. The Labute approximate surface area is 212 Å². The van der Waals surface area contributed by atoms with Gasteiger partial charge in [0.05, 0.1) is 17.3 Å². The summed E-state index contributed by atoms with van der Waals surface area (Å²) >= 11 is 0. The molecule has 5 N–H and O–H groups in total. The van der Waals surface area contributed by atoms with Crippen molar-refractivity contribution in [3.05, 3.63) is 59.8 Å². The highest BCUT2D eigenvalue weighted by atomic mass is 19.4. The van der Waals surface area contributed by atoms with E-state index in [9.17, 15) is 36.2 Å². The summed E-state index contributed by atoms with van der Waals surface area (Å²) in [5.41, 5.74) is 1.31. The molecule has 38 heavy (non-hydrogen) atoms. The van der Waals surface area contributed by atoms with Crippen molar-refractivity contribution in [1.29, 1.82) is 0 Å². The minimum absolute atomic E-state index is 0.0778. The number of aromatic amines is 1. The number of aliphatic hydroxyl groups is 1. The Morgan fingerprint density at radius 3 is 2.08 bits per heavy atom. The molecule has 0 aliphatic heterocycles. The Hall–Kier alpha value is -3.81. The van der Waals surface area contributed by atoms with E-state index in [0.717, 1.165) is 66.5 Å². The molecule has 4 rings (SSSR count). The lowest BCUT2D eigenvalue weighted by Crippen LogP contribution is -2.42. The van der Waals surface area contributed by atoms with Crippen LogP contribution in [0.25, 0.3) is 10.9 Å². The fraction of sp³-hybridized carbons (Fsp3) is 0.375. The van der Waals surface area contributed by atoms with Crippen LogP contribution in [0.5, 0.6) is 0 Å². The van der Waals surface area contributed by atoms with E-state index < -0.39 is 35.9 Å². The largest absolute Gasteiger partial charge is 0.490 e. The number of rotatable bonds is 5. The molecule has 8 nitrogen and oxygen atoms in total. The molecule has 206 valence electrons. The second kappa shape index (κ2) is 11.7. The molecule has 0 saturated heterocycles. The lowest BCUT2D eigenvalue weighted by Gasteiger charge is -2.31. The fourth-order valence-corrected chi connectivity index (χ4v) is 3.94. The highest BCUT2D eigenvalue weighted by molar-refractivity contribution is 5.82. The van der Waals surface area contributed by atoms with Crippen LogP contribution in [0.1, 0.15) is 42.9 Å². The van der Waals surface area contributed by atoms with Gasteiger partial charge in [0.2, 0.25) is 0 Å². The van der Waals surface area contributed by atoms with Crippen molar-refractivity contribution in [2.45, 2.75) is 56.2 Å². The molecule has 1 aliphatic carbocycles. The van der Waals surface area contributed by atoms with Crippen molar-refractivity contribution in [1.82, 2.24) is 15.5 Å². The third-order valence-electron chi connectivity index (χ3n) is 5.93. The molecule has 1 aromatic heterocycles. The number of amides is 1. The SMILES string of the molecule is O=C(NC1CCC(Nc2ccc3[nH]ncc3c2)CC1)C(O)c1ccc(C(F)(F)F)cc1.O=C(O)C(F)(F)F. The van der Waals surface area contributed by atoms with E-state index in [2.05, 4.69) is 20.8 Å². The lowest BCUT2D eigenvalue weighted by molar-refractivity contribution is -0.192. The molecule has 2 aromatic carbocycles. The maximum absolute atomic E-state index is 12.7. The fourth-order valence-electron chi connectivity index (χ4n) is 3.94. The van der Waals surface area contributed by atoms with Gasteiger partial charge < -0.3 is 20.8 Å². The Morgan fingerprint density at radius 1 is 0.947 bits per heavy atom. The maximum Gasteiger partial charge on any atom is 0.490 e. The minimum atomic E-state index is -5.08. The lowest BCUT2D eigenvalue weighted by atomic mass is 9.90. The van der Waals surface area contributed by atoms with Gasteiger partial charge in [0.25, 0.3) is 5.91 Å². The molecule has 1 unspecified atom stereocenters. The van der Waals surface area contributed by atoms with Gasteiger partial charge in [-0.05, 0) is 61.6 Å². The van der Waals surface area contributed by atoms with Gasteiger partial charge in [-0.25, -0.2) is 4.79 Å². The van der Waals surface area contributed by atoms with Crippen LogP contribution in [0.3, 0.4) is 0 Å². The first-order valence-electron chi connectivity index (χ1n) is 11.4. The molecule has 1 amide bonds. The Balaban J connectivity index is 0.000000505. The van der Waals surface area contributed by atoms with E-state index >= 15 is 0 Å². The average Bonchev–Trinajstić information content (AvgIpc) is 3.32. The first kappa shape index (κ1) is 28.8. The number of benzene rings is 2. The molecular formula is C24H24F6N4O4. The van der Waals surface area contributed by atoms with Gasteiger partial charge in [0.15, 0.2) is 6.10 Å². The summed E-state index contributed by atoms with van der Waals surface area (Å²) in [5, 5.41) is 31.6. The molecule has 1 atom stereocenters. The topological polar surface area (TPSA) is 127 Å². The van der Waals surface area contributed by atoms with Gasteiger partial charge in [-0.2, -0.15) is 31.4 Å². The van der Waals surface area contributed by atoms with E-state index in [4.69, 9.17) is 9.90 Å². The second-order valence-corrected chi connectivity index (χ2v) is 8.70. The molecule has 14 heteroatoms. The van der Waals surface area contributed by atoms with E-state index in [-0.39, 0.29) is 17.6 Å². The average molecular weight is 546 g/mol. The number of carboxylic acid groups (broad SMARTS) is 1. The molecular weight excluding hydrogens is 522 g/mol. The summed E-state index contributed by atoms with van der Waals surface area (Å²) < 4.78 is 69.7. The van der Waals surface area contributed by atoms with Gasteiger partial charge in [0.1, 0.15) is 0 Å². The van der Waals surface area contributed by atoms with Crippen molar-refractivity contribution in [3.63, 3.8) is 0 Å². The standard InChI is InChI=1S/C22H23F3N4O2.C2HF3O2/c23-22(24,25)15-3-1-13(2-4-15)20(30)21(31)28-17-7-5-16(6-8-17)27-18-9-10-19-14(11-18)12-26-29-19;3-2(4,5)1(6)7/h1-4,9-12,16-17,20,27,30H,5-8H2,(H,26,29)(H,28,31);(H,6,7). The molecule has 0 bridgehead atoms. The van der Waals surface area contributed by atoms with Crippen LogP contribution in [0.4, 0.5) is 32.0 Å². The number of alkyl halides is 6. The number of nitrogens with one attached hydrogen (secondary N) is 3. The summed E-state index contributed by atoms with van der Waals surface area (Å²) in [4.78, 5) is 21.3. The van der Waals surface area contributed by atoms with Gasteiger partial charge in [-0.3, -0.25) is 9.89 Å². The predicted molar refractivity (Wildman–Crippen MR) is 124 cm³/mol. The summed E-state index contributed by atoms with van der Waals surface area (Å²) in [6.45, 7) is 0. The number of aromatic nitrogens is 2. The van der Waals surface area contributed by atoms with Crippen molar-refractivity contribution >= 4 is 28.5 Å². The quantitative estimate of drug-likeness (QED) is 0.293. The van der Waals surface area contributed by atoms with Crippen LogP contribution in [0.2, 0.25) is 0 Å². The third-order valence-corrected chi connectivity index (χ3v) is 5.93. The minimum Gasteiger partial charge on any atom is -0.475 e. The van der Waals surface area contributed by atoms with Gasteiger partial charge >= 0.3 is 18.3 Å². The van der Waals surface area contributed by atoms with Crippen molar-refractivity contribution < 1.29 is 46.1 Å². The highest BCUT2D eigenvalue weighted by Crippen LogP contribution is 2.30. The number of fused-ring (bicyclic) bond motifs is 1. The van der Waals surface area contributed by atoms with E-state index in [1.807, 2.05) is 18.2 Å². The number of carboxylic acids is 1. The summed E-state index contributed by atoms with van der Waals surface area (Å²) in [5.74, 6) is -3.35. The smallest absolute Gasteiger partial charge is 0.475 e. The van der Waals surface area contributed by atoms with Crippen LogP contribution in [0.15, 0.2) is 48.7 Å². The number of carbonyl (C=O) groups is 2. The van der Waals surface area contributed by atoms with E-state index in [1.54, 1.807) is 6.20 Å². The predicted octanol–water partition coefficient (Wildman–Crippen LogP) is 4.79. The summed E-state index contributed by atoms with van der Waals surface area (Å²) in [7, 11) is 0. The van der Waals surface area contributed by atoms with Crippen LogP contribution in [-0.2, 0) is 15.8 Å². The Morgan fingerprint density at radius 2 is 1.53 bits per heavy atom. The first-order chi connectivity index (χ1) is 17.7. The number of nitrogens with zero attached hydrogens (tertiary/aromatic N) is 1. The van der Waals surface area contributed by atoms with Gasteiger partial charge in [-0.1, -0.05) is 12.1 Å². The van der Waals surface area contributed by atoms with Crippen LogP contribution >= 0.6 is 0 Å². The number of hydrogen-bond acceptors (Lipinski definition) is 5. The molecule has 0 spiro atoms. The second-order valence-electron chi connectivity index (χ2n) is 8.70. The molecule has 0 radical (unpaired) electrons. The number of H-pyrrole nitrogens is 1. The number of anilines is 1. The highest BCUT2D eigenvalue weighted by Gasteiger charge is 2.38. The summed E-state index contributed by atoms with van der Waals surface area (Å²) in [6, 6.07) is 10.2. The number of carbonyl (C=O) groups excluding carboxylic acids is 1.